The van der Waals surface area contributed by atoms with E-state index in [2.05, 4.69) is 16.0 Å². The zero-order valence-electron chi connectivity index (χ0n) is 9.89. The monoisotopic (exact) mass is 320 g/mol. The Hall–Kier alpha value is -1.87. The van der Waals surface area contributed by atoms with E-state index in [4.69, 9.17) is 40.7 Å². The van der Waals surface area contributed by atoms with Gasteiger partial charge in [0.15, 0.2) is 10.4 Å². The molecule has 7 heteroatoms. The summed E-state index contributed by atoms with van der Waals surface area (Å²) in [4.78, 5) is 7.29. The number of halogens is 2. The van der Waals surface area contributed by atoms with Gasteiger partial charge in [-0.15, -0.1) is 0 Å². The minimum Gasteiger partial charge on any atom is -0.329 e. The average molecular weight is 321 g/mol. The molecule has 0 aliphatic heterocycles. The molecule has 0 radical (unpaired) electrons. The summed E-state index contributed by atoms with van der Waals surface area (Å²) in [6, 6.07) is 8.78. The fourth-order valence-electron chi connectivity index (χ4n) is 1.95. The van der Waals surface area contributed by atoms with Crippen LogP contribution in [-0.2, 0) is 0 Å². The van der Waals surface area contributed by atoms with E-state index in [0.29, 0.717) is 37.2 Å². The van der Waals surface area contributed by atoms with Gasteiger partial charge in [-0.2, -0.15) is 5.26 Å². The van der Waals surface area contributed by atoms with Crippen molar-refractivity contribution < 1.29 is 0 Å². The van der Waals surface area contributed by atoms with Gasteiger partial charge in [-0.1, -0.05) is 23.2 Å². The highest BCUT2D eigenvalue weighted by atomic mass is 35.5. The molecule has 20 heavy (non-hydrogen) atoms. The Morgan fingerprint density at radius 3 is 2.85 bits per heavy atom. The zero-order chi connectivity index (χ0) is 14.3. The normalized spacial score (nSPS) is 10.7. The molecule has 2 heterocycles. The second-order valence-electron chi connectivity index (χ2n) is 4.07. The third-order valence-electron chi connectivity index (χ3n) is 2.81. The summed E-state index contributed by atoms with van der Waals surface area (Å²) in [6.45, 7) is 0. The minimum atomic E-state index is 0.437. The van der Waals surface area contributed by atoms with E-state index in [-0.39, 0.29) is 0 Å². The summed E-state index contributed by atoms with van der Waals surface area (Å²) < 4.78 is 2.12. The molecule has 4 nitrogen and oxygen atoms in total. The lowest BCUT2D eigenvalue weighted by atomic mass is 10.2. The number of benzene rings is 1. The van der Waals surface area contributed by atoms with Crippen LogP contribution in [0.4, 0.5) is 0 Å². The van der Waals surface area contributed by atoms with Gasteiger partial charge in [-0.25, -0.2) is 4.98 Å². The first-order valence-electron chi connectivity index (χ1n) is 5.56. The summed E-state index contributed by atoms with van der Waals surface area (Å²) >= 11 is 17.4. The average Bonchev–Trinajstić information content (AvgIpc) is 2.74. The number of nitrogens with zero attached hydrogens (tertiary/aromatic N) is 3. The second-order valence-corrected chi connectivity index (χ2v) is 5.30. The maximum absolute atomic E-state index is 9.00. The number of pyridine rings is 1. The highest BCUT2D eigenvalue weighted by molar-refractivity contribution is 7.71. The van der Waals surface area contributed by atoms with Crippen LogP contribution < -0.4 is 0 Å². The quantitative estimate of drug-likeness (QED) is 0.681. The lowest BCUT2D eigenvalue weighted by Crippen LogP contribution is -1.97. The second kappa shape index (κ2) is 4.91. The SMILES string of the molecule is N#Cc1ccc(Cl)c(-n2c(=S)[nH]c3cc(Cl)cnc32)c1. The molecule has 0 atom stereocenters. The number of imidazole rings is 1. The molecule has 0 saturated heterocycles. The van der Waals surface area contributed by atoms with Crippen LogP contribution in [0.3, 0.4) is 0 Å². The smallest absolute Gasteiger partial charge is 0.184 e. The van der Waals surface area contributed by atoms with Crippen LogP contribution in [0.2, 0.25) is 10.0 Å². The number of hydrogen-bond acceptors (Lipinski definition) is 3. The van der Waals surface area contributed by atoms with Crippen LogP contribution in [-0.4, -0.2) is 14.5 Å². The molecule has 2 aromatic heterocycles. The van der Waals surface area contributed by atoms with E-state index in [1.54, 1.807) is 28.8 Å². The van der Waals surface area contributed by atoms with E-state index < -0.39 is 0 Å². The third-order valence-corrected chi connectivity index (χ3v) is 3.62. The molecule has 0 unspecified atom stereocenters. The van der Waals surface area contributed by atoms with Crippen molar-refractivity contribution in [2.45, 2.75) is 0 Å². The Kier molecular flexibility index (Phi) is 3.22. The predicted octanol–water partition coefficient (Wildman–Crippen LogP) is 4.26. The molecule has 0 bridgehead atoms. The number of aromatic nitrogens is 3. The highest BCUT2D eigenvalue weighted by Crippen LogP contribution is 2.26. The Balaban J connectivity index is 2.38. The first-order valence-corrected chi connectivity index (χ1v) is 6.73. The van der Waals surface area contributed by atoms with Crippen LogP contribution in [0.1, 0.15) is 5.56 Å². The molecule has 0 aliphatic carbocycles. The summed E-state index contributed by atoms with van der Waals surface area (Å²) in [6.07, 6.45) is 1.53. The van der Waals surface area contributed by atoms with Crippen molar-refractivity contribution in [3.63, 3.8) is 0 Å². The highest BCUT2D eigenvalue weighted by Gasteiger charge is 2.12. The molecule has 0 fully saturated rings. The zero-order valence-corrected chi connectivity index (χ0v) is 12.2. The van der Waals surface area contributed by atoms with Crippen molar-refractivity contribution in [3.05, 3.63) is 50.8 Å². The summed E-state index contributed by atoms with van der Waals surface area (Å²) in [5.41, 5.74) is 2.42. The molecule has 3 rings (SSSR count). The van der Waals surface area contributed by atoms with Crippen molar-refractivity contribution in [2.75, 3.05) is 0 Å². The van der Waals surface area contributed by atoms with E-state index in [9.17, 15) is 0 Å². The van der Waals surface area contributed by atoms with Crippen molar-refractivity contribution in [3.8, 4) is 11.8 Å². The van der Waals surface area contributed by atoms with Crippen molar-refractivity contribution in [1.82, 2.24) is 14.5 Å². The maximum Gasteiger partial charge on any atom is 0.184 e. The molecule has 0 saturated carbocycles. The van der Waals surface area contributed by atoms with Crippen molar-refractivity contribution in [2.24, 2.45) is 0 Å². The Morgan fingerprint density at radius 1 is 1.30 bits per heavy atom. The van der Waals surface area contributed by atoms with Gasteiger partial charge in [0.2, 0.25) is 0 Å². The lowest BCUT2D eigenvalue weighted by Gasteiger charge is -2.06. The summed E-state index contributed by atoms with van der Waals surface area (Å²) in [5, 5.41) is 10.00. The molecule has 1 N–H and O–H groups in total. The fraction of sp³-hybridized carbons (Fsp3) is 0. The number of nitrogens with one attached hydrogen (secondary N) is 1. The van der Waals surface area contributed by atoms with Crippen LogP contribution in [0, 0.1) is 16.1 Å². The van der Waals surface area contributed by atoms with E-state index in [1.807, 2.05) is 0 Å². The molecular weight excluding hydrogens is 315 g/mol. The van der Waals surface area contributed by atoms with Gasteiger partial charge < -0.3 is 4.98 Å². The third kappa shape index (κ3) is 2.08. The van der Waals surface area contributed by atoms with Crippen LogP contribution in [0.25, 0.3) is 16.9 Å². The summed E-state index contributed by atoms with van der Waals surface area (Å²) in [7, 11) is 0. The van der Waals surface area contributed by atoms with Gasteiger partial charge in [-0.05, 0) is 36.5 Å². The first-order chi connectivity index (χ1) is 9.60. The van der Waals surface area contributed by atoms with Crippen LogP contribution in [0.15, 0.2) is 30.5 Å². The standard InChI is InChI=1S/C13H6Cl2N4S/c14-8-4-10-12(17-6-8)19(13(20)18-10)11-3-7(5-16)1-2-9(11)15/h1-4,6H,(H,18,20). The Labute approximate surface area is 129 Å². The van der Waals surface area contributed by atoms with Crippen molar-refractivity contribution >= 4 is 46.6 Å². The first kappa shape index (κ1) is 13.1. The number of hydrogen-bond donors (Lipinski definition) is 1. The van der Waals surface area contributed by atoms with Crippen LogP contribution in [0.5, 0.6) is 0 Å². The topological polar surface area (TPSA) is 57.4 Å². The summed E-state index contributed by atoms with van der Waals surface area (Å²) in [5.74, 6) is 0. The number of nitriles is 1. The van der Waals surface area contributed by atoms with Gasteiger partial charge in [0.05, 0.1) is 32.9 Å². The predicted molar refractivity (Wildman–Crippen MR) is 81.0 cm³/mol. The maximum atomic E-state index is 9.00. The molecular formula is C13H6Cl2N4S. The van der Waals surface area contributed by atoms with E-state index in [1.165, 1.54) is 6.20 Å². The van der Waals surface area contributed by atoms with Gasteiger partial charge in [0.1, 0.15) is 0 Å². The number of rotatable bonds is 1. The van der Waals surface area contributed by atoms with Gasteiger partial charge in [-0.3, -0.25) is 4.57 Å². The van der Waals surface area contributed by atoms with Crippen LogP contribution >= 0.6 is 35.4 Å². The minimum absolute atomic E-state index is 0.437. The van der Waals surface area contributed by atoms with Gasteiger partial charge in [0, 0.05) is 6.20 Å². The van der Waals surface area contributed by atoms with E-state index >= 15 is 0 Å². The Bertz CT molecular complexity index is 920. The largest absolute Gasteiger partial charge is 0.329 e. The molecule has 0 aliphatic rings. The molecule has 3 aromatic rings. The molecule has 1 aromatic carbocycles. The molecule has 0 amide bonds. The van der Waals surface area contributed by atoms with Gasteiger partial charge >= 0.3 is 0 Å². The fourth-order valence-corrected chi connectivity index (χ4v) is 2.60. The number of H-pyrrole nitrogens is 1. The number of aromatic amines is 1. The lowest BCUT2D eigenvalue weighted by molar-refractivity contribution is 1.04. The molecule has 0 spiro atoms. The van der Waals surface area contributed by atoms with Crippen molar-refractivity contribution in [1.29, 1.82) is 5.26 Å². The number of fused-ring (bicyclic) bond motifs is 1. The Morgan fingerprint density at radius 2 is 2.10 bits per heavy atom. The van der Waals surface area contributed by atoms with Gasteiger partial charge in [0.25, 0.3) is 0 Å². The van der Waals surface area contributed by atoms with E-state index in [0.717, 1.165) is 0 Å². The molecule has 98 valence electrons.